The van der Waals surface area contributed by atoms with Crippen LogP contribution in [0.5, 0.6) is 5.75 Å². The van der Waals surface area contributed by atoms with Crippen molar-refractivity contribution in [2.75, 3.05) is 7.11 Å². The van der Waals surface area contributed by atoms with Gasteiger partial charge >= 0.3 is 5.97 Å². The largest absolute Gasteiger partial charge is 0.490 e. The maximum absolute atomic E-state index is 11.4. The molecule has 0 amide bonds. The number of esters is 1. The lowest BCUT2D eigenvalue weighted by molar-refractivity contribution is 0.0601. The lowest BCUT2D eigenvalue weighted by Gasteiger charge is -2.14. The molecule has 0 aromatic heterocycles. The predicted octanol–water partition coefficient (Wildman–Crippen LogP) is 3.93. The Morgan fingerprint density at radius 2 is 1.65 bits per heavy atom. The van der Waals surface area contributed by atoms with E-state index in [1.54, 1.807) is 12.1 Å². The van der Waals surface area contributed by atoms with Crippen LogP contribution in [0.3, 0.4) is 0 Å². The van der Waals surface area contributed by atoms with Crippen LogP contribution in [0.25, 0.3) is 11.1 Å². The average molecular weight is 270 g/mol. The highest BCUT2D eigenvalue weighted by Gasteiger charge is 2.09. The molecule has 3 heteroatoms. The van der Waals surface area contributed by atoms with Crippen molar-refractivity contribution < 1.29 is 14.3 Å². The summed E-state index contributed by atoms with van der Waals surface area (Å²) in [5, 5.41) is 0. The van der Waals surface area contributed by atoms with Crippen LogP contribution in [-0.4, -0.2) is 19.2 Å². The number of hydrogen-bond acceptors (Lipinski definition) is 3. The van der Waals surface area contributed by atoms with E-state index in [1.807, 2.05) is 50.2 Å². The molecular formula is C17H18O3. The summed E-state index contributed by atoms with van der Waals surface area (Å²) in [5.74, 6) is 0.511. The van der Waals surface area contributed by atoms with Crippen LogP contribution in [0, 0.1) is 0 Å². The van der Waals surface area contributed by atoms with Crippen molar-refractivity contribution in [3.8, 4) is 16.9 Å². The van der Waals surface area contributed by atoms with Gasteiger partial charge in [0.15, 0.2) is 0 Å². The number of ether oxygens (including phenoxy) is 2. The van der Waals surface area contributed by atoms with Crippen molar-refractivity contribution in [3.63, 3.8) is 0 Å². The summed E-state index contributed by atoms with van der Waals surface area (Å²) in [6.07, 6.45) is 0.116. The van der Waals surface area contributed by atoms with Crippen molar-refractivity contribution >= 4 is 5.97 Å². The molecule has 104 valence electrons. The third-order valence-electron chi connectivity index (χ3n) is 2.87. The summed E-state index contributed by atoms with van der Waals surface area (Å²) >= 11 is 0. The molecule has 2 aromatic rings. The molecule has 3 nitrogen and oxygen atoms in total. The summed E-state index contributed by atoms with van der Waals surface area (Å²) in [6, 6.07) is 15.2. The van der Waals surface area contributed by atoms with E-state index in [9.17, 15) is 4.79 Å². The maximum atomic E-state index is 11.4. The van der Waals surface area contributed by atoms with Crippen molar-refractivity contribution in [1.29, 1.82) is 0 Å². The quantitative estimate of drug-likeness (QED) is 0.790. The summed E-state index contributed by atoms with van der Waals surface area (Å²) in [5.41, 5.74) is 2.56. The molecule has 0 N–H and O–H groups in total. The van der Waals surface area contributed by atoms with Crippen LogP contribution in [0.15, 0.2) is 48.5 Å². The molecule has 20 heavy (non-hydrogen) atoms. The van der Waals surface area contributed by atoms with E-state index in [2.05, 4.69) is 0 Å². The van der Waals surface area contributed by atoms with E-state index < -0.39 is 0 Å². The fourth-order valence-electron chi connectivity index (χ4n) is 1.97. The Labute approximate surface area is 119 Å². The lowest BCUT2D eigenvalue weighted by Crippen LogP contribution is -2.06. The van der Waals surface area contributed by atoms with Crippen molar-refractivity contribution in [2.45, 2.75) is 20.0 Å². The average Bonchev–Trinajstić information content (AvgIpc) is 2.46. The Morgan fingerprint density at radius 3 is 2.25 bits per heavy atom. The van der Waals surface area contributed by atoms with E-state index in [0.717, 1.165) is 16.9 Å². The number of benzene rings is 2. The van der Waals surface area contributed by atoms with Crippen molar-refractivity contribution in [3.05, 3.63) is 54.1 Å². The van der Waals surface area contributed by atoms with Gasteiger partial charge in [-0.05, 0) is 37.6 Å². The molecule has 0 radical (unpaired) electrons. The first-order valence-corrected chi connectivity index (χ1v) is 6.56. The molecule has 0 aliphatic carbocycles. The number of carbonyl (C=O) groups excluding carboxylic acids is 1. The Balaban J connectivity index is 2.34. The topological polar surface area (TPSA) is 35.5 Å². The zero-order chi connectivity index (χ0) is 14.5. The summed E-state index contributed by atoms with van der Waals surface area (Å²) in [4.78, 5) is 11.4. The second-order valence-electron chi connectivity index (χ2n) is 4.73. The highest BCUT2D eigenvalue weighted by Crippen LogP contribution is 2.30. The van der Waals surface area contributed by atoms with E-state index in [-0.39, 0.29) is 12.1 Å². The number of carbonyl (C=O) groups is 1. The third kappa shape index (κ3) is 3.18. The highest BCUT2D eigenvalue weighted by molar-refractivity contribution is 5.90. The van der Waals surface area contributed by atoms with E-state index in [1.165, 1.54) is 7.11 Å². The van der Waals surface area contributed by atoms with Crippen LogP contribution < -0.4 is 4.74 Å². The summed E-state index contributed by atoms with van der Waals surface area (Å²) in [7, 11) is 1.38. The highest BCUT2D eigenvalue weighted by atomic mass is 16.5. The Bertz CT molecular complexity index is 585. The van der Waals surface area contributed by atoms with E-state index in [4.69, 9.17) is 9.47 Å². The van der Waals surface area contributed by atoms with Crippen LogP contribution >= 0.6 is 0 Å². The predicted molar refractivity (Wildman–Crippen MR) is 79.0 cm³/mol. The van der Waals surface area contributed by atoms with Crippen LogP contribution in [0.4, 0.5) is 0 Å². The van der Waals surface area contributed by atoms with Gasteiger partial charge < -0.3 is 9.47 Å². The standard InChI is InChI=1S/C17H18O3/c1-12(2)20-16-7-5-4-6-15(16)13-8-10-14(11-9-13)17(18)19-3/h4-12H,1-3H3. The second-order valence-corrected chi connectivity index (χ2v) is 4.73. The molecule has 2 rings (SSSR count). The van der Waals surface area contributed by atoms with Crippen molar-refractivity contribution in [2.24, 2.45) is 0 Å². The molecule has 0 saturated heterocycles. The lowest BCUT2D eigenvalue weighted by atomic mass is 10.0. The normalized spacial score (nSPS) is 10.4. The monoisotopic (exact) mass is 270 g/mol. The van der Waals surface area contributed by atoms with E-state index >= 15 is 0 Å². The SMILES string of the molecule is COC(=O)c1ccc(-c2ccccc2OC(C)C)cc1. The minimum absolute atomic E-state index is 0.116. The van der Waals surface area contributed by atoms with Gasteiger partial charge in [0.25, 0.3) is 0 Å². The van der Waals surface area contributed by atoms with Crippen LogP contribution in [0.1, 0.15) is 24.2 Å². The van der Waals surface area contributed by atoms with Gasteiger partial charge in [0.1, 0.15) is 5.75 Å². The fourth-order valence-corrected chi connectivity index (χ4v) is 1.97. The number of rotatable bonds is 4. The van der Waals surface area contributed by atoms with Crippen LogP contribution in [-0.2, 0) is 4.74 Å². The van der Waals surface area contributed by atoms with Gasteiger partial charge in [-0.15, -0.1) is 0 Å². The Hall–Kier alpha value is -2.29. The third-order valence-corrected chi connectivity index (χ3v) is 2.87. The molecular weight excluding hydrogens is 252 g/mol. The van der Waals surface area contributed by atoms with Gasteiger partial charge in [0, 0.05) is 5.56 Å². The number of para-hydroxylation sites is 1. The first-order valence-electron chi connectivity index (χ1n) is 6.56. The molecule has 0 aliphatic rings. The molecule has 0 atom stereocenters. The first-order chi connectivity index (χ1) is 9.61. The van der Waals surface area contributed by atoms with E-state index in [0.29, 0.717) is 5.56 Å². The van der Waals surface area contributed by atoms with Gasteiger partial charge in [-0.25, -0.2) is 4.79 Å². The minimum Gasteiger partial charge on any atom is -0.490 e. The van der Waals surface area contributed by atoms with Gasteiger partial charge in [-0.3, -0.25) is 0 Å². The smallest absolute Gasteiger partial charge is 0.337 e. The summed E-state index contributed by atoms with van der Waals surface area (Å²) in [6.45, 7) is 3.99. The first kappa shape index (κ1) is 14.1. The van der Waals surface area contributed by atoms with Crippen molar-refractivity contribution in [1.82, 2.24) is 0 Å². The molecule has 0 saturated carbocycles. The molecule has 0 spiro atoms. The molecule has 0 unspecified atom stereocenters. The summed E-state index contributed by atoms with van der Waals surface area (Å²) < 4.78 is 10.5. The number of methoxy groups -OCH3 is 1. The second kappa shape index (κ2) is 6.24. The van der Waals surface area contributed by atoms with Gasteiger partial charge in [0.2, 0.25) is 0 Å². The zero-order valence-corrected chi connectivity index (χ0v) is 11.9. The maximum Gasteiger partial charge on any atom is 0.337 e. The Morgan fingerprint density at radius 1 is 1.00 bits per heavy atom. The molecule has 0 aliphatic heterocycles. The molecule has 0 bridgehead atoms. The fraction of sp³-hybridized carbons (Fsp3) is 0.235. The molecule has 0 fully saturated rings. The number of hydrogen-bond donors (Lipinski definition) is 0. The van der Waals surface area contributed by atoms with Crippen LogP contribution in [0.2, 0.25) is 0 Å². The van der Waals surface area contributed by atoms with Gasteiger partial charge in [0.05, 0.1) is 18.8 Å². The Kier molecular flexibility index (Phi) is 4.41. The minimum atomic E-state index is -0.330. The van der Waals surface area contributed by atoms with Gasteiger partial charge in [-0.1, -0.05) is 30.3 Å². The zero-order valence-electron chi connectivity index (χ0n) is 11.9. The van der Waals surface area contributed by atoms with Gasteiger partial charge in [-0.2, -0.15) is 0 Å². The molecule has 0 heterocycles. The molecule has 2 aromatic carbocycles.